The highest BCUT2D eigenvalue weighted by Gasteiger charge is 2.13. The van der Waals surface area contributed by atoms with Crippen LogP contribution in [0.15, 0.2) is 0 Å². The molecule has 13 heavy (non-hydrogen) atoms. The van der Waals surface area contributed by atoms with Crippen molar-refractivity contribution >= 4 is 5.97 Å². The molecule has 0 aromatic heterocycles. The van der Waals surface area contributed by atoms with E-state index in [0.717, 1.165) is 26.1 Å². The lowest BCUT2D eigenvalue weighted by atomic mass is 10.0. The first kappa shape index (κ1) is 10.5. The summed E-state index contributed by atoms with van der Waals surface area (Å²) < 4.78 is 10.4. The fourth-order valence-electron chi connectivity index (χ4n) is 1.32. The van der Waals surface area contributed by atoms with Gasteiger partial charge in [-0.1, -0.05) is 0 Å². The molecular weight excluding hydrogens is 172 g/mol. The summed E-state index contributed by atoms with van der Waals surface area (Å²) in [6.45, 7) is 2.63. The van der Waals surface area contributed by atoms with Crippen molar-refractivity contribution < 1.29 is 19.4 Å². The number of aliphatic carboxylic acids is 1. The Morgan fingerprint density at radius 2 is 2.15 bits per heavy atom. The minimum Gasteiger partial charge on any atom is -0.481 e. The smallest absolute Gasteiger partial charge is 0.305 e. The van der Waals surface area contributed by atoms with Gasteiger partial charge in [-0.25, -0.2) is 0 Å². The molecule has 0 amide bonds. The average molecular weight is 188 g/mol. The van der Waals surface area contributed by atoms with E-state index >= 15 is 0 Å². The van der Waals surface area contributed by atoms with Gasteiger partial charge in [0.15, 0.2) is 0 Å². The molecular formula is C9H16O4. The minimum absolute atomic E-state index is 0.100. The summed E-state index contributed by atoms with van der Waals surface area (Å²) in [6, 6.07) is 0. The van der Waals surface area contributed by atoms with Gasteiger partial charge in [-0.15, -0.1) is 0 Å². The van der Waals surface area contributed by atoms with Crippen molar-refractivity contribution in [2.45, 2.75) is 19.3 Å². The zero-order valence-corrected chi connectivity index (χ0v) is 7.70. The van der Waals surface area contributed by atoms with Crippen molar-refractivity contribution in [1.29, 1.82) is 0 Å². The normalized spacial score (nSPS) is 18.8. The van der Waals surface area contributed by atoms with Crippen molar-refractivity contribution in [3.05, 3.63) is 0 Å². The van der Waals surface area contributed by atoms with Gasteiger partial charge in [0.05, 0.1) is 13.0 Å². The fourth-order valence-corrected chi connectivity index (χ4v) is 1.32. The monoisotopic (exact) mass is 188 g/mol. The molecule has 1 aliphatic rings. The Balaban J connectivity index is 1.95. The Kier molecular flexibility index (Phi) is 4.78. The summed E-state index contributed by atoms with van der Waals surface area (Å²) in [5.74, 6) is -0.241. The third-order valence-corrected chi connectivity index (χ3v) is 2.15. The predicted octanol–water partition coefficient (Wildman–Crippen LogP) is 0.904. The van der Waals surface area contributed by atoms with Gasteiger partial charge in [0.25, 0.3) is 0 Å². The second-order valence-electron chi connectivity index (χ2n) is 3.27. The maximum atomic E-state index is 10.2. The first-order valence-electron chi connectivity index (χ1n) is 4.66. The number of rotatable bonds is 5. The maximum absolute atomic E-state index is 10.2. The fraction of sp³-hybridized carbons (Fsp3) is 0.889. The number of ether oxygens (including phenoxy) is 2. The summed E-state index contributed by atoms with van der Waals surface area (Å²) in [5, 5.41) is 8.35. The standard InChI is InChI=1S/C9H16O4/c10-9(11)3-6-13-7-8-1-4-12-5-2-8/h8H,1-7H2,(H,10,11). The molecule has 0 unspecified atom stereocenters. The van der Waals surface area contributed by atoms with E-state index in [4.69, 9.17) is 14.6 Å². The SMILES string of the molecule is O=C(O)CCOCC1CCOCC1. The van der Waals surface area contributed by atoms with Gasteiger partial charge in [-0.2, -0.15) is 0 Å². The van der Waals surface area contributed by atoms with Gasteiger partial charge in [-0.3, -0.25) is 4.79 Å². The number of hydrogen-bond acceptors (Lipinski definition) is 3. The molecule has 0 spiro atoms. The van der Waals surface area contributed by atoms with Crippen LogP contribution in [0.4, 0.5) is 0 Å². The summed E-state index contributed by atoms with van der Waals surface area (Å²) >= 11 is 0. The van der Waals surface area contributed by atoms with E-state index in [0.29, 0.717) is 19.1 Å². The van der Waals surface area contributed by atoms with E-state index in [1.165, 1.54) is 0 Å². The highest BCUT2D eigenvalue weighted by Crippen LogP contribution is 2.14. The Labute approximate surface area is 77.8 Å². The quantitative estimate of drug-likeness (QED) is 0.651. The zero-order valence-electron chi connectivity index (χ0n) is 7.70. The van der Waals surface area contributed by atoms with Crippen LogP contribution < -0.4 is 0 Å². The molecule has 0 bridgehead atoms. The molecule has 4 nitrogen and oxygen atoms in total. The van der Waals surface area contributed by atoms with Crippen molar-refractivity contribution in [2.24, 2.45) is 5.92 Å². The molecule has 1 rings (SSSR count). The first-order valence-corrected chi connectivity index (χ1v) is 4.66. The molecule has 4 heteroatoms. The van der Waals surface area contributed by atoms with Gasteiger partial charge in [0, 0.05) is 19.8 Å². The molecule has 0 aromatic rings. The van der Waals surface area contributed by atoms with Gasteiger partial charge in [-0.05, 0) is 18.8 Å². The van der Waals surface area contributed by atoms with Gasteiger partial charge < -0.3 is 14.6 Å². The lowest BCUT2D eigenvalue weighted by Gasteiger charge is -2.21. The summed E-state index contributed by atoms with van der Waals surface area (Å²) in [7, 11) is 0. The molecule has 0 saturated carbocycles. The first-order chi connectivity index (χ1) is 6.29. The van der Waals surface area contributed by atoms with Crippen molar-refractivity contribution in [3.63, 3.8) is 0 Å². The molecule has 0 atom stereocenters. The van der Waals surface area contributed by atoms with Crippen molar-refractivity contribution in [2.75, 3.05) is 26.4 Å². The molecule has 1 heterocycles. The largest absolute Gasteiger partial charge is 0.481 e. The number of carbonyl (C=O) groups is 1. The molecule has 1 N–H and O–H groups in total. The van der Waals surface area contributed by atoms with Crippen molar-refractivity contribution in [3.8, 4) is 0 Å². The Hall–Kier alpha value is -0.610. The molecule has 0 aliphatic carbocycles. The van der Waals surface area contributed by atoms with E-state index in [-0.39, 0.29) is 6.42 Å². The van der Waals surface area contributed by atoms with Crippen LogP contribution in [0.1, 0.15) is 19.3 Å². The number of carboxylic acids is 1. The van der Waals surface area contributed by atoms with E-state index in [1.54, 1.807) is 0 Å². The maximum Gasteiger partial charge on any atom is 0.305 e. The summed E-state index contributed by atoms with van der Waals surface area (Å²) in [5.41, 5.74) is 0. The van der Waals surface area contributed by atoms with E-state index in [9.17, 15) is 4.79 Å². The Bertz CT molecular complexity index is 152. The molecule has 76 valence electrons. The van der Waals surface area contributed by atoms with Gasteiger partial charge in [0.2, 0.25) is 0 Å². The van der Waals surface area contributed by atoms with Crippen LogP contribution in [0.25, 0.3) is 0 Å². The zero-order chi connectivity index (χ0) is 9.52. The third kappa shape index (κ3) is 4.85. The van der Waals surface area contributed by atoms with Crippen LogP contribution in [0.2, 0.25) is 0 Å². The van der Waals surface area contributed by atoms with Crippen LogP contribution >= 0.6 is 0 Å². The topological polar surface area (TPSA) is 55.8 Å². The Morgan fingerprint density at radius 1 is 1.46 bits per heavy atom. The van der Waals surface area contributed by atoms with Crippen LogP contribution in [0.5, 0.6) is 0 Å². The second-order valence-corrected chi connectivity index (χ2v) is 3.27. The summed E-state index contributed by atoms with van der Waals surface area (Å²) in [4.78, 5) is 10.2. The average Bonchev–Trinajstić information content (AvgIpc) is 2.14. The highest BCUT2D eigenvalue weighted by atomic mass is 16.5. The van der Waals surface area contributed by atoms with E-state index in [2.05, 4.69) is 0 Å². The number of hydrogen-bond donors (Lipinski definition) is 1. The van der Waals surface area contributed by atoms with E-state index in [1.807, 2.05) is 0 Å². The van der Waals surface area contributed by atoms with Gasteiger partial charge in [0.1, 0.15) is 0 Å². The number of carboxylic acid groups (broad SMARTS) is 1. The minimum atomic E-state index is -0.799. The molecule has 1 aliphatic heterocycles. The predicted molar refractivity (Wildman–Crippen MR) is 46.6 cm³/mol. The molecule has 1 fully saturated rings. The van der Waals surface area contributed by atoms with Crippen LogP contribution in [0, 0.1) is 5.92 Å². The summed E-state index contributed by atoms with van der Waals surface area (Å²) in [6.07, 6.45) is 2.17. The van der Waals surface area contributed by atoms with E-state index < -0.39 is 5.97 Å². The molecule has 0 radical (unpaired) electrons. The second kappa shape index (κ2) is 5.94. The lowest BCUT2D eigenvalue weighted by Crippen LogP contribution is -2.20. The van der Waals surface area contributed by atoms with Gasteiger partial charge >= 0.3 is 5.97 Å². The Morgan fingerprint density at radius 3 is 2.77 bits per heavy atom. The molecule has 0 aromatic carbocycles. The van der Waals surface area contributed by atoms with Crippen LogP contribution in [-0.2, 0) is 14.3 Å². The van der Waals surface area contributed by atoms with Crippen LogP contribution in [0.3, 0.4) is 0 Å². The molecule has 1 saturated heterocycles. The van der Waals surface area contributed by atoms with Crippen molar-refractivity contribution in [1.82, 2.24) is 0 Å². The van der Waals surface area contributed by atoms with Crippen LogP contribution in [-0.4, -0.2) is 37.5 Å². The lowest BCUT2D eigenvalue weighted by molar-refractivity contribution is -0.138. The highest BCUT2D eigenvalue weighted by molar-refractivity contribution is 5.66. The third-order valence-electron chi connectivity index (χ3n) is 2.15.